The van der Waals surface area contributed by atoms with E-state index in [4.69, 9.17) is 10.6 Å². The molecule has 0 amide bonds. The van der Waals surface area contributed by atoms with Crippen molar-refractivity contribution >= 4 is 0 Å². The maximum atomic E-state index is 8.43. The lowest BCUT2D eigenvalue weighted by Crippen LogP contribution is -1.84. The SMILES string of the molecule is C/C(=C\CN=[N+]=[N-])CO. The van der Waals surface area contributed by atoms with E-state index < -0.39 is 0 Å². The normalized spacial score (nSPS) is 10.7. The summed E-state index contributed by atoms with van der Waals surface area (Å²) in [6.07, 6.45) is 1.68. The number of aliphatic hydroxyl groups is 1. The molecule has 0 aromatic rings. The van der Waals surface area contributed by atoms with E-state index in [9.17, 15) is 0 Å². The van der Waals surface area contributed by atoms with Crippen molar-refractivity contribution in [3.63, 3.8) is 0 Å². The van der Waals surface area contributed by atoms with Crippen LogP contribution in [0.3, 0.4) is 0 Å². The molecule has 0 saturated carbocycles. The third-order valence-corrected chi connectivity index (χ3v) is 0.834. The van der Waals surface area contributed by atoms with E-state index in [1.807, 2.05) is 0 Å². The summed E-state index contributed by atoms with van der Waals surface area (Å²) in [5, 5.41) is 11.7. The summed E-state index contributed by atoms with van der Waals surface area (Å²) in [4.78, 5) is 2.54. The van der Waals surface area contributed by atoms with Crippen molar-refractivity contribution in [1.29, 1.82) is 0 Å². The number of nitrogens with zero attached hydrogens (tertiary/aromatic N) is 3. The van der Waals surface area contributed by atoms with Gasteiger partial charge < -0.3 is 5.11 Å². The van der Waals surface area contributed by atoms with Gasteiger partial charge in [0.1, 0.15) is 0 Å². The van der Waals surface area contributed by atoms with Gasteiger partial charge in [-0.1, -0.05) is 16.8 Å². The monoisotopic (exact) mass is 127 g/mol. The molecule has 1 N–H and O–H groups in total. The molecule has 50 valence electrons. The molecule has 0 aromatic carbocycles. The fourth-order valence-electron chi connectivity index (χ4n) is 0.298. The van der Waals surface area contributed by atoms with Crippen LogP contribution in [0.4, 0.5) is 0 Å². The third-order valence-electron chi connectivity index (χ3n) is 0.834. The summed E-state index contributed by atoms with van der Waals surface area (Å²) in [6.45, 7) is 2.12. The van der Waals surface area contributed by atoms with E-state index in [0.717, 1.165) is 5.57 Å². The van der Waals surface area contributed by atoms with Gasteiger partial charge in [-0.15, -0.1) is 0 Å². The number of azide groups is 1. The van der Waals surface area contributed by atoms with Gasteiger partial charge in [-0.2, -0.15) is 0 Å². The zero-order valence-electron chi connectivity index (χ0n) is 5.28. The van der Waals surface area contributed by atoms with E-state index in [1.165, 1.54) is 0 Å². The summed E-state index contributed by atoms with van der Waals surface area (Å²) in [6, 6.07) is 0. The lowest BCUT2D eigenvalue weighted by Gasteiger charge is -1.88. The second kappa shape index (κ2) is 5.15. The minimum Gasteiger partial charge on any atom is -0.392 e. The maximum absolute atomic E-state index is 8.43. The second-order valence-corrected chi connectivity index (χ2v) is 1.62. The molecule has 0 radical (unpaired) electrons. The first-order valence-corrected chi connectivity index (χ1v) is 2.58. The lowest BCUT2D eigenvalue weighted by atomic mass is 10.3. The standard InChI is InChI=1S/C5H9N3O/c1-5(4-9)2-3-7-8-6/h2,9H,3-4H2,1H3/b5-2+. The molecular formula is C5H9N3O. The van der Waals surface area contributed by atoms with Gasteiger partial charge in [0.25, 0.3) is 0 Å². The minimum absolute atomic E-state index is 0.0287. The largest absolute Gasteiger partial charge is 0.392 e. The number of rotatable bonds is 3. The fraction of sp³-hybridized carbons (Fsp3) is 0.600. The zero-order valence-corrected chi connectivity index (χ0v) is 5.28. The Morgan fingerprint density at radius 2 is 2.56 bits per heavy atom. The molecule has 4 nitrogen and oxygen atoms in total. The average Bonchev–Trinajstić information content (AvgIpc) is 1.89. The lowest BCUT2D eigenvalue weighted by molar-refractivity contribution is 0.331. The van der Waals surface area contributed by atoms with Crippen LogP contribution in [0.25, 0.3) is 10.4 Å². The predicted molar refractivity (Wildman–Crippen MR) is 34.9 cm³/mol. The van der Waals surface area contributed by atoms with Crippen LogP contribution in [0, 0.1) is 0 Å². The van der Waals surface area contributed by atoms with Crippen LogP contribution in [0.2, 0.25) is 0 Å². The Kier molecular flexibility index (Phi) is 4.59. The molecule has 0 aromatic heterocycles. The first-order chi connectivity index (χ1) is 4.31. The van der Waals surface area contributed by atoms with Crippen LogP contribution >= 0.6 is 0 Å². The third kappa shape index (κ3) is 4.87. The maximum Gasteiger partial charge on any atom is 0.0639 e. The van der Waals surface area contributed by atoms with Crippen LogP contribution in [0.5, 0.6) is 0 Å². The summed E-state index contributed by atoms with van der Waals surface area (Å²) in [7, 11) is 0. The van der Waals surface area contributed by atoms with Crippen LogP contribution in [0.1, 0.15) is 6.92 Å². The first kappa shape index (κ1) is 8.01. The molecule has 0 fully saturated rings. The molecule has 0 heterocycles. The smallest absolute Gasteiger partial charge is 0.0639 e. The molecule has 0 aliphatic carbocycles. The summed E-state index contributed by atoms with van der Waals surface area (Å²) in [5.74, 6) is 0. The number of hydrogen-bond acceptors (Lipinski definition) is 2. The quantitative estimate of drug-likeness (QED) is 0.263. The second-order valence-electron chi connectivity index (χ2n) is 1.62. The molecule has 0 unspecified atom stereocenters. The summed E-state index contributed by atoms with van der Waals surface area (Å²) < 4.78 is 0. The van der Waals surface area contributed by atoms with Gasteiger partial charge in [0.15, 0.2) is 0 Å². The topological polar surface area (TPSA) is 69.0 Å². The van der Waals surface area contributed by atoms with Crippen molar-refractivity contribution in [2.75, 3.05) is 13.2 Å². The Morgan fingerprint density at radius 1 is 1.89 bits per heavy atom. The zero-order chi connectivity index (χ0) is 7.11. The molecule has 9 heavy (non-hydrogen) atoms. The highest BCUT2D eigenvalue weighted by Gasteiger charge is 1.80. The predicted octanol–water partition coefficient (Wildman–Crippen LogP) is 1.24. The van der Waals surface area contributed by atoms with Gasteiger partial charge in [-0.25, -0.2) is 0 Å². The Balaban J connectivity index is 3.55. The van der Waals surface area contributed by atoms with Crippen molar-refractivity contribution in [2.45, 2.75) is 6.92 Å². The minimum atomic E-state index is 0.0287. The van der Waals surface area contributed by atoms with Gasteiger partial charge >= 0.3 is 0 Å². The van der Waals surface area contributed by atoms with Crippen molar-refractivity contribution in [2.24, 2.45) is 5.11 Å². The van der Waals surface area contributed by atoms with Crippen molar-refractivity contribution in [1.82, 2.24) is 0 Å². The summed E-state index contributed by atoms with van der Waals surface area (Å²) >= 11 is 0. The van der Waals surface area contributed by atoms with Crippen LogP contribution in [-0.2, 0) is 0 Å². The van der Waals surface area contributed by atoms with E-state index in [2.05, 4.69) is 10.0 Å². The molecule has 0 spiro atoms. The highest BCUT2D eigenvalue weighted by Crippen LogP contribution is 1.88. The average molecular weight is 127 g/mol. The molecule has 0 atom stereocenters. The van der Waals surface area contributed by atoms with Crippen LogP contribution < -0.4 is 0 Å². The number of hydrogen-bond donors (Lipinski definition) is 1. The fourth-order valence-corrected chi connectivity index (χ4v) is 0.298. The van der Waals surface area contributed by atoms with Crippen molar-refractivity contribution in [3.05, 3.63) is 22.1 Å². The van der Waals surface area contributed by atoms with Crippen LogP contribution in [0.15, 0.2) is 16.8 Å². The van der Waals surface area contributed by atoms with E-state index in [-0.39, 0.29) is 6.61 Å². The van der Waals surface area contributed by atoms with Gasteiger partial charge in [0.2, 0.25) is 0 Å². The molecule has 0 rings (SSSR count). The Labute approximate surface area is 53.4 Å². The molecule has 4 heteroatoms. The van der Waals surface area contributed by atoms with E-state index in [0.29, 0.717) is 6.54 Å². The highest BCUT2D eigenvalue weighted by molar-refractivity contribution is 4.98. The Hall–Kier alpha value is -0.990. The molecule has 0 aliphatic heterocycles. The number of aliphatic hydroxyl groups excluding tert-OH is 1. The first-order valence-electron chi connectivity index (χ1n) is 2.58. The molecule has 0 bridgehead atoms. The molecule has 0 aliphatic rings. The van der Waals surface area contributed by atoms with Gasteiger partial charge in [-0.05, 0) is 12.5 Å². The van der Waals surface area contributed by atoms with E-state index in [1.54, 1.807) is 13.0 Å². The van der Waals surface area contributed by atoms with Crippen LogP contribution in [-0.4, -0.2) is 18.3 Å². The van der Waals surface area contributed by atoms with E-state index >= 15 is 0 Å². The summed E-state index contributed by atoms with van der Waals surface area (Å²) in [5.41, 5.74) is 8.64. The van der Waals surface area contributed by atoms with Crippen molar-refractivity contribution < 1.29 is 5.11 Å². The van der Waals surface area contributed by atoms with Gasteiger partial charge in [-0.3, -0.25) is 0 Å². The highest BCUT2D eigenvalue weighted by atomic mass is 16.3. The van der Waals surface area contributed by atoms with Gasteiger partial charge in [0.05, 0.1) is 6.61 Å². The molecular weight excluding hydrogens is 118 g/mol. The molecule has 0 saturated heterocycles. The van der Waals surface area contributed by atoms with Gasteiger partial charge in [0, 0.05) is 11.5 Å². The van der Waals surface area contributed by atoms with Crippen molar-refractivity contribution in [3.8, 4) is 0 Å². The Morgan fingerprint density at radius 3 is 3.00 bits per heavy atom. The Bertz CT molecular complexity index is 146.